The van der Waals surface area contributed by atoms with E-state index in [0.717, 1.165) is 46.9 Å². The second kappa shape index (κ2) is 9.86. The van der Waals surface area contributed by atoms with Crippen LogP contribution < -0.4 is 5.32 Å². The van der Waals surface area contributed by atoms with Crippen molar-refractivity contribution in [2.45, 2.75) is 52.6 Å². The van der Waals surface area contributed by atoms with E-state index in [1.165, 1.54) is 17.4 Å². The lowest BCUT2D eigenvalue weighted by Gasteiger charge is -2.12. The highest BCUT2D eigenvalue weighted by molar-refractivity contribution is 7.17. The van der Waals surface area contributed by atoms with Crippen LogP contribution in [0.4, 0.5) is 18.2 Å². The second-order valence-electron chi connectivity index (χ2n) is 9.21. The van der Waals surface area contributed by atoms with Gasteiger partial charge in [0.05, 0.1) is 17.9 Å². The first-order chi connectivity index (χ1) is 18.1. The van der Waals surface area contributed by atoms with Gasteiger partial charge in [0, 0.05) is 16.5 Å². The van der Waals surface area contributed by atoms with Crippen molar-refractivity contribution in [1.82, 2.24) is 14.6 Å². The number of anilines is 1. The highest BCUT2D eigenvalue weighted by atomic mass is 32.1. The van der Waals surface area contributed by atoms with E-state index >= 15 is 0 Å². The number of rotatable bonds is 5. The van der Waals surface area contributed by atoms with E-state index in [1.807, 2.05) is 19.9 Å². The van der Waals surface area contributed by atoms with Crippen molar-refractivity contribution >= 4 is 33.9 Å². The van der Waals surface area contributed by atoms with Gasteiger partial charge in [0.15, 0.2) is 17.0 Å². The van der Waals surface area contributed by atoms with Crippen molar-refractivity contribution in [1.29, 1.82) is 0 Å². The SMILES string of the molecule is CCOC(=O)c1c(NC(=O)c2cc3nc(-c4ccc(C)c(C)c4)cc(C(F)(F)F)n3n2)sc2c1CCCC2. The minimum Gasteiger partial charge on any atom is -0.462 e. The Morgan fingerprint density at radius 2 is 1.87 bits per heavy atom. The molecule has 1 aliphatic rings. The fraction of sp³-hybridized carbons (Fsp3) is 0.333. The van der Waals surface area contributed by atoms with E-state index in [-0.39, 0.29) is 23.6 Å². The van der Waals surface area contributed by atoms with Crippen LogP contribution in [0.3, 0.4) is 0 Å². The summed E-state index contributed by atoms with van der Waals surface area (Å²) in [6, 6.07) is 7.44. The van der Waals surface area contributed by atoms with Gasteiger partial charge in [-0.15, -0.1) is 11.3 Å². The Hall–Kier alpha value is -3.73. The third kappa shape index (κ3) is 4.78. The van der Waals surface area contributed by atoms with E-state index < -0.39 is 23.7 Å². The van der Waals surface area contributed by atoms with Crippen LogP contribution in [0.25, 0.3) is 16.9 Å². The number of carbonyl (C=O) groups excluding carboxylic acids is 2. The van der Waals surface area contributed by atoms with Gasteiger partial charge in [0.25, 0.3) is 5.91 Å². The summed E-state index contributed by atoms with van der Waals surface area (Å²) in [6.45, 7) is 5.66. The zero-order chi connectivity index (χ0) is 27.2. The number of alkyl halides is 3. The molecule has 0 fully saturated rings. The summed E-state index contributed by atoms with van der Waals surface area (Å²) in [5.41, 5.74) is 2.34. The highest BCUT2D eigenvalue weighted by Crippen LogP contribution is 2.39. The van der Waals surface area contributed by atoms with Crippen LogP contribution in [-0.4, -0.2) is 33.1 Å². The summed E-state index contributed by atoms with van der Waals surface area (Å²) in [7, 11) is 0. The summed E-state index contributed by atoms with van der Waals surface area (Å²) in [6.07, 6.45) is -1.35. The number of nitrogens with one attached hydrogen (secondary N) is 1. The predicted molar refractivity (Wildman–Crippen MR) is 138 cm³/mol. The molecule has 0 saturated heterocycles. The van der Waals surface area contributed by atoms with Crippen molar-refractivity contribution in [2.75, 3.05) is 11.9 Å². The van der Waals surface area contributed by atoms with Gasteiger partial charge < -0.3 is 10.1 Å². The van der Waals surface area contributed by atoms with Gasteiger partial charge in [-0.1, -0.05) is 12.1 Å². The number of aromatic nitrogens is 3. The van der Waals surface area contributed by atoms with Gasteiger partial charge in [-0.25, -0.2) is 14.3 Å². The van der Waals surface area contributed by atoms with Gasteiger partial charge in [0.1, 0.15) is 5.00 Å². The minimum absolute atomic E-state index is 0.116. The van der Waals surface area contributed by atoms with Crippen molar-refractivity contribution in [2.24, 2.45) is 0 Å². The summed E-state index contributed by atoms with van der Waals surface area (Å²) >= 11 is 1.29. The Bertz CT molecular complexity index is 1570. The number of fused-ring (bicyclic) bond motifs is 2. The van der Waals surface area contributed by atoms with E-state index in [0.29, 0.717) is 27.1 Å². The molecule has 1 amide bonds. The number of amides is 1. The molecule has 0 aliphatic heterocycles. The van der Waals surface area contributed by atoms with E-state index in [9.17, 15) is 22.8 Å². The Balaban J connectivity index is 1.55. The van der Waals surface area contributed by atoms with Crippen molar-refractivity contribution in [3.63, 3.8) is 0 Å². The molecule has 1 aliphatic carbocycles. The first kappa shape index (κ1) is 25.9. The fourth-order valence-corrected chi connectivity index (χ4v) is 5.85. The molecule has 3 aromatic heterocycles. The molecule has 4 aromatic rings. The molecule has 0 spiro atoms. The third-order valence-corrected chi connectivity index (χ3v) is 7.84. The molecule has 1 N–H and O–H groups in total. The van der Waals surface area contributed by atoms with Gasteiger partial charge >= 0.3 is 12.1 Å². The first-order valence-electron chi connectivity index (χ1n) is 12.3. The summed E-state index contributed by atoms with van der Waals surface area (Å²) in [5.74, 6) is -1.27. The molecule has 0 saturated carbocycles. The van der Waals surface area contributed by atoms with Gasteiger partial charge in [-0.2, -0.15) is 18.3 Å². The number of aryl methyl sites for hydroxylation is 3. The van der Waals surface area contributed by atoms with E-state index in [4.69, 9.17) is 4.74 Å². The topological polar surface area (TPSA) is 85.6 Å². The number of halogens is 3. The van der Waals surface area contributed by atoms with E-state index in [1.54, 1.807) is 19.1 Å². The second-order valence-corrected chi connectivity index (χ2v) is 10.3. The van der Waals surface area contributed by atoms with E-state index in [2.05, 4.69) is 15.4 Å². The molecular formula is C27H25F3N4O3S. The van der Waals surface area contributed by atoms with Gasteiger partial charge in [-0.05, 0) is 75.3 Å². The number of benzene rings is 1. The molecule has 0 atom stereocenters. The molecule has 0 bridgehead atoms. The van der Waals surface area contributed by atoms with Crippen molar-refractivity contribution < 1.29 is 27.5 Å². The molecule has 0 unspecified atom stereocenters. The summed E-state index contributed by atoms with van der Waals surface area (Å²) in [4.78, 5) is 31.3. The lowest BCUT2D eigenvalue weighted by Crippen LogP contribution is -2.17. The average Bonchev–Trinajstić information content (AvgIpc) is 3.46. The monoisotopic (exact) mass is 542 g/mol. The molecule has 5 rings (SSSR count). The maximum atomic E-state index is 14.0. The molecule has 38 heavy (non-hydrogen) atoms. The van der Waals surface area contributed by atoms with Gasteiger partial charge in [0.2, 0.25) is 0 Å². The molecule has 0 radical (unpaired) electrons. The van der Waals surface area contributed by atoms with Crippen LogP contribution in [0.1, 0.15) is 67.9 Å². The molecule has 11 heteroatoms. The quantitative estimate of drug-likeness (QED) is 0.295. The number of ether oxygens (including phenoxy) is 1. The normalized spacial score (nSPS) is 13.4. The Morgan fingerprint density at radius 3 is 2.58 bits per heavy atom. The number of carbonyl (C=O) groups is 2. The number of esters is 1. The lowest BCUT2D eigenvalue weighted by molar-refractivity contribution is -0.142. The lowest BCUT2D eigenvalue weighted by atomic mass is 9.95. The van der Waals surface area contributed by atoms with Crippen LogP contribution in [0.15, 0.2) is 30.3 Å². The van der Waals surface area contributed by atoms with Gasteiger partial charge in [-0.3, -0.25) is 4.79 Å². The summed E-state index contributed by atoms with van der Waals surface area (Å²) in [5, 5.41) is 6.96. The molecule has 198 valence electrons. The fourth-order valence-electron chi connectivity index (χ4n) is 4.58. The maximum absolute atomic E-state index is 14.0. The largest absolute Gasteiger partial charge is 0.462 e. The summed E-state index contributed by atoms with van der Waals surface area (Å²) < 4.78 is 47.9. The van der Waals surface area contributed by atoms with Crippen LogP contribution in [-0.2, 0) is 23.8 Å². The Labute approximate surface area is 220 Å². The minimum atomic E-state index is -4.74. The first-order valence-corrected chi connectivity index (χ1v) is 13.1. The molecular weight excluding hydrogens is 517 g/mol. The highest BCUT2D eigenvalue weighted by Gasteiger charge is 2.36. The smallest absolute Gasteiger partial charge is 0.433 e. The Kier molecular flexibility index (Phi) is 6.72. The zero-order valence-electron chi connectivity index (χ0n) is 21.0. The third-order valence-electron chi connectivity index (χ3n) is 6.63. The Morgan fingerprint density at radius 1 is 1.11 bits per heavy atom. The molecule has 3 heterocycles. The maximum Gasteiger partial charge on any atom is 0.433 e. The number of hydrogen-bond acceptors (Lipinski definition) is 6. The molecule has 1 aromatic carbocycles. The van der Waals surface area contributed by atoms with Crippen LogP contribution in [0.2, 0.25) is 0 Å². The van der Waals surface area contributed by atoms with Crippen LogP contribution >= 0.6 is 11.3 Å². The molecule has 7 nitrogen and oxygen atoms in total. The van der Waals surface area contributed by atoms with Crippen LogP contribution in [0.5, 0.6) is 0 Å². The standard InChI is InChI=1S/C27H25F3N4O3S/c1-4-37-26(36)23-17-7-5-6-8-20(17)38-25(23)32-24(35)19-13-22-31-18(16-10-9-14(2)15(3)11-16)12-21(27(28,29)30)34(22)33-19/h9-13H,4-8H2,1-3H3,(H,32,35). The number of nitrogens with zero attached hydrogens (tertiary/aromatic N) is 3. The average molecular weight is 543 g/mol. The van der Waals surface area contributed by atoms with Crippen molar-refractivity contribution in [3.05, 3.63) is 68.9 Å². The predicted octanol–water partition coefficient (Wildman–Crippen LogP) is 6.40. The number of hydrogen-bond donors (Lipinski definition) is 1. The number of thiophene rings is 1. The zero-order valence-corrected chi connectivity index (χ0v) is 21.8. The van der Waals surface area contributed by atoms with Crippen LogP contribution in [0, 0.1) is 13.8 Å². The van der Waals surface area contributed by atoms with Crippen molar-refractivity contribution in [3.8, 4) is 11.3 Å².